The van der Waals surface area contributed by atoms with Gasteiger partial charge in [0.05, 0.1) is 17.4 Å². The van der Waals surface area contributed by atoms with Crippen LogP contribution < -0.4 is 10.1 Å². The van der Waals surface area contributed by atoms with Gasteiger partial charge >= 0.3 is 0 Å². The highest BCUT2D eigenvalue weighted by Gasteiger charge is 2.29. The molecule has 2 amide bonds. The fourth-order valence-electron chi connectivity index (χ4n) is 4.76. The van der Waals surface area contributed by atoms with Crippen molar-refractivity contribution in [2.45, 2.75) is 51.8 Å². The summed E-state index contributed by atoms with van der Waals surface area (Å²) in [5.74, 6) is 0.636. The van der Waals surface area contributed by atoms with E-state index < -0.39 is 0 Å². The van der Waals surface area contributed by atoms with Crippen LogP contribution in [0, 0.1) is 11.8 Å². The van der Waals surface area contributed by atoms with Crippen molar-refractivity contribution >= 4 is 17.5 Å². The number of benzene rings is 1. The van der Waals surface area contributed by atoms with Crippen molar-refractivity contribution in [2.75, 3.05) is 39.2 Å². The summed E-state index contributed by atoms with van der Waals surface area (Å²) in [5.41, 5.74) is 2.12. The van der Waals surface area contributed by atoms with Crippen LogP contribution in [0.1, 0.15) is 49.2 Å². The maximum Gasteiger partial charge on any atom is 0.257 e. The van der Waals surface area contributed by atoms with E-state index in [9.17, 15) is 9.59 Å². The Morgan fingerprint density at radius 2 is 2.00 bits per heavy atom. The van der Waals surface area contributed by atoms with Crippen molar-refractivity contribution in [1.29, 1.82) is 0 Å². The largest absolute Gasteiger partial charge is 0.491 e. The van der Waals surface area contributed by atoms with Crippen molar-refractivity contribution in [2.24, 2.45) is 11.8 Å². The number of aromatic nitrogens is 1. The van der Waals surface area contributed by atoms with Gasteiger partial charge in [0, 0.05) is 63.7 Å². The van der Waals surface area contributed by atoms with Crippen LogP contribution >= 0.6 is 0 Å². The Balaban J connectivity index is 1.61. The van der Waals surface area contributed by atoms with Gasteiger partial charge in [-0.25, -0.2) is 0 Å². The predicted octanol–water partition coefficient (Wildman–Crippen LogP) is 3.83. The van der Waals surface area contributed by atoms with E-state index >= 15 is 0 Å². The molecule has 0 bridgehead atoms. The lowest BCUT2D eigenvalue weighted by Gasteiger charge is -2.36. The Hall–Kier alpha value is -2.97. The molecular weight excluding hydrogens is 456 g/mol. The van der Waals surface area contributed by atoms with Gasteiger partial charge in [-0.15, -0.1) is 0 Å². The molecular formula is C28H38N4O4. The number of carbonyl (C=O) groups excluding carboxylic acids is 2. The second-order valence-electron chi connectivity index (χ2n) is 10.2. The van der Waals surface area contributed by atoms with Crippen molar-refractivity contribution in [3.8, 4) is 5.75 Å². The molecule has 36 heavy (non-hydrogen) atoms. The Bertz CT molecular complexity index is 1040. The number of nitrogens with zero attached hydrogens (tertiary/aromatic N) is 3. The number of nitrogens with one attached hydrogen (secondary N) is 1. The average Bonchev–Trinajstić information content (AvgIpc) is 2.83. The number of carbonyl (C=O) groups is 2. The number of amides is 2. The summed E-state index contributed by atoms with van der Waals surface area (Å²) in [7, 11) is 3.49. The molecule has 8 nitrogen and oxygen atoms in total. The molecule has 194 valence electrons. The fraction of sp³-hybridized carbons (Fsp3) is 0.536. The Morgan fingerprint density at radius 1 is 1.19 bits per heavy atom. The molecule has 1 aromatic carbocycles. The van der Waals surface area contributed by atoms with Gasteiger partial charge in [-0.3, -0.25) is 19.5 Å². The lowest BCUT2D eigenvalue weighted by atomic mass is 9.85. The summed E-state index contributed by atoms with van der Waals surface area (Å²) in [6.45, 7) is 6.59. The van der Waals surface area contributed by atoms with E-state index in [0.29, 0.717) is 36.7 Å². The molecule has 1 saturated carbocycles. The van der Waals surface area contributed by atoms with Crippen molar-refractivity contribution in [3.63, 3.8) is 0 Å². The maximum atomic E-state index is 13.4. The van der Waals surface area contributed by atoms with Crippen LogP contribution in [-0.2, 0) is 16.1 Å². The molecule has 1 aliphatic carbocycles. The highest BCUT2D eigenvalue weighted by molar-refractivity contribution is 5.99. The first-order valence-electron chi connectivity index (χ1n) is 12.9. The van der Waals surface area contributed by atoms with Crippen LogP contribution in [0.25, 0.3) is 0 Å². The first-order chi connectivity index (χ1) is 17.4. The minimum Gasteiger partial charge on any atom is -0.491 e. The standard InChI is InChI=1S/C28H38N4O4/c1-19-15-32(16-23-10-5-6-13-29-23)20(2)18-36-25-14-22(30-27(33)21-8-7-9-21)11-12-24(25)28(34)31(3)17-26(19)35-4/h5-6,10-14,19-21,26H,7-9,15-18H2,1-4H3,(H,30,33)/t19-,20+,26-/m1/s1. The molecule has 1 fully saturated rings. The third kappa shape index (κ3) is 6.23. The summed E-state index contributed by atoms with van der Waals surface area (Å²) in [4.78, 5) is 34.4. The third-order valence-electron chi connectivity index (χ3n) is 7.41. The normalized spacial score (nSPS) is 24.1. The first-order valence-corrected chi connectivity index (χ1v) is 12.9. The lowest BCUT2D eigenvalue weighted by molar-refractivity contribution is -0.122. The van der Waals surface area contributed by atoms with Gasteiger partial charge in [0.1, 0.15) is 12.4 Å². The van der Waals surface area contributed by atoms with Crippen LogP contribution in [0.4, 0.5) is 5.69 Å². The quantitative estimate of drug-likeness (QED) is 0.680. The number of pyridine rings is 1. The zero-order chi connectivity index (χ0) is 25.7. The zero-order valence-corrected chi connectivity index (χ0v) is 21.8. The number of anilines is 1. The minimum atomic E-state index is -0.130. The number of rotatable bonds is 5. The van der Waals surface area contributed by atoms with Gasteiger partial charge < -0.3 is 19.7 Å². The number of hydrogen-bond acceptors (Lipinski definition) is 6. The van der Waals surface area contributed by atoms with Gasteiger partial charge in [-0.05, 0) is 49.9 Å². The van der Waals surface area contributed by atoms with Crippen LogP contribution in [0.3, 0.4) is 0 Å². The van der Waals surface area contributed by atoms with E-state index in [1.165, 1.54) is 0 Å². The Labute approximate surface area is 214 Å². The monoisotopic (exact) mass is 494 g/mol. The molecule has 2 aromatic rings. The molecule has 1 aromatic heterocycles. The number of likely N-dealkylation sites (N-methyl/N-ethyl adjacent to an activating group) is 1. The second kappa shape index (κ2) is 11.8. The van der Waals surface area contributed by atoms with Gasteiger partial charge in [0.25, 0.3) is 5.91 Å². The summed E-state index contributed by atoms with van der Waals surface area (Å²) in [6.07, 6.45) is 4.64. The number of methoxy groups -OCH3 is 1. The summed E-state index contributed by atoms with van der Waals surface area (Å²) < 4.78 is 12.1. The molecule has 4 rings (SSSR count). The van der Waals surface area contributed by atoms with Crippen molar-refractivity contribution in [3.05, 3.63) is 53.9 Å². The van der Waals surface area contributed by atoms with Crippen molar-refractivity contribution in [1.82, 2.24) is 14.8 Å². The van der Waals surface area contributed by atoms with Crippen LogP contribution in [-0.4, -0.2) is 72.6 Å². The summed E-state index contributed by atoms with van der Waals surface area (Å²) >= 11 is 0. The van der Waals surface area contributed by atoms with Gasteiger partial charge in [0.2, 0.25) is 5.91 Å². The highest BCUT2D eigenvalue weighted by atomic mass is 16.5. The smallest absolute Gasteiger partial charge is 0.257 e. The van der Waals surface area contributed by atoms with Crippen LogP contribution in [0.15, 0.2) is 42.6 Å². The van der Waals surface area contributed by atoms with Gasteiger partial charge in [-0.2, -0.15) is 0 Å². The molecule has 2 heterocycles. The molecule has 0 unspecified atom stereocenters. The number of hydrogen-bond donors (Lipinski definition) is 1. The van der Waals surface area contributed by atoms with E-state index in [1.54, 1.807) is 37.3 Å². The Morgan fingerprint density at radius 3 is 2.67 bits per heavy atom. The predicted molar refractivity (Wildman–Crippen MR) is 139 cm³/mol. The van der Waals surface area contributed by atoms with E-state index in [-0.39, 0.29) is 35.8 Å². The zero-order valence-electron chi connectivity index (χ0n) is 21.8. The third-order valence-corrected chi connectivity index (χ3v) is 7.41. The fourth-order valence-corrected chi connectivity index (χ4v) is 4.76. The second-order valence-corrected chi connectivity index (χ2v) is 10.2. The lowest BCUT2D eigenvalue weighted by Crippen LogP contribution is -2.46. The van der Waals surface area contributed by atoms with E-state index in [1.807, 2.05) is 24.4 Å². The minimum absolute atomic E-state index is 0.0321. The maximum absolute atomic E-state index is 13.4. The van der Waals surface area contributed by atoms with E-state index in [2.05, 4.69) is 29.0 Å². The average molecular weight is 495 g/mol. The van der Waals surface area contributed by atoms with E-state index in [0.717, 1.165) is 31.5 Å². The molecule has 0 radical (unpaired) electrons. The van der Waals surface area contributed by atoms with Crippen LogP contribution in [0.5, 0.6) is 5.75 Å². The van der Waals surface area contributed by atoms with Crippen LogP contribution in [0.2, 0.25) is 0 Å². The molecule has 3 atom stereocenters. The topological polar surface area (TPSA) is 84.0 Å². The number of ether oxygens (including phenoxy) is 2. The van der Waals surface area contributed by atoms with Gasteiger partial charge in [0.15, 0.2) is 0 Å². The van der Waals surface area contributed by atoms with Crippen molar-refractivity contribution < 1.29 is 19.1 Å². The summed E-state index contributed by atoms with van der Waals surface area (Å²) in [5, 5.41) is 3.00. The molecule has 0 spiro atoms. The highest BCUT2D eigenvalue weighted by Crippen LogP contribution is 2.30. The molecule has 8 heteroatoms. The summed E-state index contributed by atoms with van der Waals surface area (Å²) in [6, 6.07) is 11.3. The Kier molecular flexibility index (Phi) is 8.59. The molecule has 2 aliphatic rings. The first kappa shape index (κ1) is 26.1. The molecule has 1 N–H and O–H groups in total. The SMILES string of the molecule is CO[C@@H]1CN(C)C(=O)c2ccc(NC(=O)C3CCC3)cc2OC[C@H](C)N(Cc2ccccn2)C[C@H]1C. The number of fused-ring (bicyclic) bond motifs is 1. The molecule has 1 aliphatic heterocycles. The van der Waals surface area contributed by atoms with E-state index in [4.69, 9.17) is 9.47 Å². The van der Waals surface area contributed by atoms with Gasteiger partial charge in [-0.1, -0.05) is 19.4 Å². The molecule has 0 saturated heterocycles.